The Morgan fingerprint density at radius 3 is 2.61 bits per heavy atom. The lowest BCUT2D eigenvalue weighted by Crippen LogP contribution is -2.29. The molecule has 2 N–H and O–H groups in total. The van der Waals surface area contributed by atoms with Crippen molar-refractivity contribution in [2.24, 2.45) is 5.14 Å². The lowest BCUT2D eigenvalue weighted by Gasteiger charge is -2.26. The van der Waals surface area contributed by atoms with Crippen LogP contribution in [-0.4, -0.2) is 26.4 Å². The molecule has 3 aliphatic heterocycles. The molecule has 0 atom stereocenters. The monoisotopic (exact) mass is 283 g/mol. The zero-order valence-corrected chi connectivity index (χ0v) is 11.4. The Morgan fingerprint density at radius 1 is 1.39 bits per heavy atom. The fourth-order valence-corrected chi connectivity index (χ4v) is 5.22. The first-order valence-corrected chi connectivity index (χ1v) is 8.18. The molecular weight excluding hydrogens is 270 g/mol. The molecule has 0 unspecified atom stereocenters. The van der Waals surface area contributed by atoms with Gasteiger partial charge in [0.25, 0.3) is 0 Å². The van der Waals surface area contributed by atoms with E-state index in [0.29, 0.717) is 11.5 Å². The molecule has 96 valence electrons. The van der Waals surface area contributed by atoms with Gasteiger partial charge in [-0.2, -0.15) is 5.26 Å². The average molecular weight is 283 g/mol. The molecule has 1 aromatic rings. The maximum atomic E-state index is 11.5. The zero-order chi connectivity index (χ0) is 12.9. The van der Waals surface area contributed by atoms with Crippen LogP contribution in [0.15, 0.2) is 4.21 Å². The predicted octanol–water partition coefficient (Wildman–Crippen LogP) is 0.960. The fraction of sp³-hybridized carbons (Fsp3) is 0.545. The van der Waals surface area contributed by atoms with Crippen molar-refractivity contribution in [3.05, 3.63) is 16.0 Å². The van der Waals surface area contributed by atoms with Crippen LogP contribution < -0.4 is 5.14 Å². The summed E-state index contributed by atoms with van der Waals surface area (Å²) in [4.78, 5) is 3.32. The first-order chi connectivity index (χ1) is 8.50. The summed E-state index contributed by atoms with van der Waals surface area (Å²) in [5.41, 5.74) is 1.25. The van der Waals surface area contributed by atoms with Gasteiger partial charge in [0.05, 0.1) is 5.56 Å². The summed E-state index contributed by atoms with van der Waals surface area (Å²) >= 11 is 1.18. The molecule has 0 spiro atoms. The van der Waals surface area contributed by atoms with Crippen LogP contribution >= 0.6 is 11.3 Å². The molecule has 0 aliphatic carbocycles. The van der Waals surface area contributed by atoms with Crippen molar-refractivity contribution in [1.82, 2.24) is 4.90 Å². The Morgan fingerprint density at radius 2 is 2.06 bits per heavy atom. The van der Waals surface area contributed by atoms with E-state index in [2.05, 4.69) is 11.0 Å². The summed E-state index contributed by atoms with van der Waals surface area (Å²) in [6.07, 6.45) is 2.00. The van der Waals surface area contributed by atoms with E-state index < -0.39 is 10.0 Å². The van der Waals surface area contributed by atoms with Gasteiger partial charge in [-0.15, -0.1) is 11.3 Å². The van der Waals surface area contributed by atoms with Gasteiger partial charge in [0.1, 0.15) is 6.07 Å². The summed E-state index contributed by atoms with van der Waals surface area (Å²) in [6, 6.07) is 2.05. The molecule has 1 saturated heterocycles. The number of fused-ring (bicyclic) bond motifs is 2. The lowest BCUT2D eigenvalue weighted by atomic mass is 9.90. The number of nitrogens with two attached hydrogens (primary N) is 1. The van der Waals surface area contributed by atoms with Crippen molar-refractivity contribution in [1.29, 1.82) is 5.26 Å². The van der Waals surface area contributed by atoms with Crippen LogP contribution in [0.5, 0.6) is 0 Å². The summed E-state index contributed by atoms with van der Waals surface area (Å²) in [6.45, 7) is 2.81. The average Bonchev–Trinajstić information content (AvgIpc) is 2.51. The second-order valence-electron chi connectivity index (χ2n) is 4.81. The van der Waals surface area contributed by atoms with Crippen molar-refractivity contribution in [3.63, 3.8) is 0 Å². The number of piperidine rings is 1. The number of nitriles is 1. The largest absolute Gasteiger partial charge is 0.298 e. The number of sulfonamides is 1. The summed E-state index contributed by atoms with van der Waals surface area (Å²) in [5.74, 6) is 0.320. The Balaban J connectivity index is 2.24. The lowest BCUT2D eigenvalue weighted by molar-refractivity contribution is 0.221. The van der Waals surface area contributed by atoms with Crippen LogP contribution in [0.2, 0.25) is 0 Å². The molecule has 0 amide bonds. The number of nitrogens with zero attached hydrogens (tertiary/aromatic N) is 2. The Kier molecular flexibility index (Phi) is 2.71. The molecule has 0 aromatic carbocycles. The number of hydrogen-bond donors (Lipinski definition) is 1. The summed E-state index contributed by atoms with van der Waals surface area (Å²) in [7, 11) is -3.79. The van der Waals surface area contributed by atoms with Crippen molar-refractivity contribution >= 4 is 21.4 Å². The van der Waals surface area contributed by atoms with Crippen LogP contribution in [0.4, 0.5) is 0 Å². The van der Waals surface area contributed by atoms with Crippen molar-refractivity contribution in [2.45, 2.75) is 29.5 Å². The standard InChI is InChI=1S/C11H13N3O2S2/c12-5-8-10-7-1-3-14(4-2-7)6-9(10)17-11(8)18(13,15)16/h7H,1-4,6H2,(H2,13,15,16). The number of primary sulfonamides is 1. The highest BCUT2D eigenvalue weighted by Crippen LogP contribution is 2.43. The third kappa shape index (κ3) is 1.77. The second-order valence-corrected chi connectivity index (χ2v) is 7.67. The van der Waals surface area contributed by atoms with Gasteiger partial charge in [-0.05, 0) is 37.4 Å². The first kappa shape index (κ1) is 12.1. The van der Waals surface area contributed by atoms with E-state index in [0.717, 1.165) is 42.9 Å². The first-order valence-electron chi connectivity index (χ1n) is 5.81. The van der Waals surface area contributed by atoms with E-state index in [9.17, 15) is 13.7 Å². The van der Waals surface area contributed by atoms with Gasteiger partial charge in [0, 0.05) is 11.4 Å². The van der Waals surface area contributed by atoms with E-state index >= 15 is 0 Å². The highest BCUT2D eigenvalue weighted by molar-refractivity contribution is 7.91. The van der Waals surface area contributed by atoms with Gasteiger partial charge < -0.3 is 0 Å². The van der Waals surface area contributed by atoms with Gasteiger partial charge >= 0.3 is 0 Å². The van der Waals surface area contributed by atoms with E-state index in [1.165, 1.54) is 11.3 Å². The molecule has 1 fully saturated rings. The normalized spacial score (nSPS) is 26.4. The van der Waals surface area contributed by atoms with E-state index in [1.54, 1.807) is 0 Å². The fourth-order valence-electron chi connectivity index (χ4n) is 2.91. The number of hydrogen-bond acceptors (Lipinski definition) is 5. The van der Waals surface area contributed by atoms with E-state index in [-0.39, 0.29) is 4.21 Å². The minimum Gasteiger partial charge on any atom is -0.298 e. The topological polar surface area (TPSA) is 87.2 Å². The van der Waals surface area contributed by atoms with Crippen LogP contribution in [0.3, 0.4) is 0 Å². The molecule has 0 radical (unpaired) electrons. The van der Waals surface area contributed by atoms with Crippen molar-refractivity contribution in [2.75, 3.05) is 13.1 Å². The third-order valence-electron chi connectivity index (χ3n) is 3.72. The van der Waals surface area contributed by atoms with E-state index in [1.807, 2.05) is 0 Å². The van der Waals surface area contributed by atoms with Crippen LogP contribution in [0.25, 0.3) is 0 Å². The molecule has 0 saturated carbocycles. The summed E-state index contributed by atoms with van der Waals surface area (Å²) in [5, 5.41) is 14.5. The van der Waals surface area contributed by atoms with Crippen LogP contribution in [0, 0.1) is 11.3 Å². The second kappa shape index (κ2) is 4.03. The van der Waals surface area contributed by atoms with E-state index in [4.69, 9.17) is 5.14 Å². The predicted molar refractivity (Wildman–Crippen MR) is 67.7 cm³/mol. The maximum Gasteiger partial charge on any atom is 0.248 e. The molecule has 7 heteroatoms. The van der Waals surface area contributed by atoms with Crippen LogP contribution in [0.1, 0.15) is 34.8 Å². The van der Waals surface area contributed by atoms with Gasteiger partial charge in [-0.3, -0.25) is 4.90 Å². The SMILES string of the molecule is N#Cc1c(S(N)(=O)=O)sc2c1C1CCN(CC1)C2. The van der Waals surface area contributed by atoms with Gasteiger partial charge in [-0.25, -0.2) is 13.6 Å². The Hall–Kier alpha value is -0.940. The molecule has 4 rings (SSSR count). The Labute approximate surface area is 110 Å². The quantitative estimate of drug-likeness (QED) is 0.831. The molecule has 1 aromatic heterocycles. The van der Waals surface area contributed by atoms with Crippen LogP contribution in [-0.2, 0) is 16.6 Å². The molecule has 3 aliphatic rings. The van der Waals surface area contributed by atoms with Gasteiger partial charge in [0.15, 0.2) is 4.21 Å². The minimum absolute atomic E-state index is 0.0451. The molecule has 2 bridgehead atoms. The minimum atomic E-state index is -3.79. The van der Waals surface area contributed by atoms with Crippen molar-refractivity contribution in [3.8, 4) is 6.07 Å². The smallest absolute Gasteiger partial charge is 0.248 e. The van der Waals surface area contributed by atoms with Crippen molar-refractivity contribution < 1.29 is 8.42 Å². The summed E-state index contributed by atoms with van der Waals surface area (Å²) < 4.78 is 23.1. The number of thiophene rings is 1. The zero-order valence-electron chi connectivity index (χ0n) is 9.72. The highest BCUT2D eigenvalue weighted by Gasteiger charge is 2.35. The molecule has 4 heterocycles. The molecule has 5 nitrogen and oxygen atoms in total. The molecular formula is C11H13N3O2S2. The number of rotatable bonds is 1. The maximum absolute atomic E-state index is 11.5. The highest BCUT2D eigenvalue weighted by atomic mass is 32.2. The van der Waals surface area contributed by atoms with Gasteiger partial charge in [0.2, 0.25) is 10.0 Å². The third-order valence-corrected chi connectivity index (χ3v) is 6.38. The van der Waals surface area contributed by atoms with Gasteiger partial charge in [-0.1, -0.05) is 0 Å². The molecule has 18 heavy (non-hydrogen) atoms. The Bertz CT molecular complexity index is 634.